The summed E-state index contributed by atoms with van der Waals surface area (Å²) in [6.45, 7) is 1.35. The molecule has 0 unspecified atom stereocenters. The van der Waals surface area contributed by atoms with E-state index in [1.165, 1.54) is 12.8 Å². The van der Waals surface area contributed by atoms with Crippen LogP contribution in [0, 0.1) is 11.8 Å². The lowest BCUT2D eigenvalue weighted by molar-refractivity contribution is 0.0677. The van der Waals surface area contributed by atoms with Crippen LogP contribution in [0.25, 0.3) is 33.6 Å². The van der Waals surface area contributed by atoms with E-state index in [-0.39, 0.29) is 30.0 Å². The summed E-state index contributed by atoms with van der Waals surface area (Å²) >= 11 is 0. The fourth-order valence-electron chi connectivity index (χ4n) is 6.73. The van der Waals surface area contributed by atoms with E-state index in [1.54, 1.807) is 24.1 Å². The van der Waals surface area contributed by atoms with Crippen molar-refractivity contribution in [3.8, 4) is 17.3 Å². The van der Waals surface area contributed by atoms with Crippen LogP contribution >= 0.6 is 0 Å². The molecule has 39 heavy (non-hydrogen) atoms. The largest absolute Gasteiger partial charge is 0.494 e. The van der Waals surface area contributed by atoms with Crippen LogP contribution in [0.15, 0.2) is 36.5 Å². The predicted molar refractivity (Wildman–Crippen MR) is 145 cm³/mol. The molecule has 2 bridgehead atoms. The normalized spacial score (nSPS) is 24.1. The van der Waals surface area contributed by atoms with Gasteiger partial charge >= 0.3 is 6.09 Å². The minimum atomic E-state index is -1.10. The number of carboxylic acid groups (broad SMARTS) is 1. The van der Waals surface area contributed by atoms with Gasteiger partial charge in [0, 0.05) is 49.2 Å². The fraction of sp³-hybridized carbons (Fsp3) is 0.429. The number of piperidine rings is 1. The van der Waals surface area contributed by atoms with Crippen molar-refractivity contribution in [1.29, 1.82) is 0 Å². The van der Waals surface area contributed by atoms with Gasteiger partial charge in [0.1, 0.15) is 16.9 Å². The molecule has 2 amide bonds. The number of methoxy groups -OCH3 is 1. The minimum absolute atomic E-state index is 0.000810. The summed E-state index contributed by atoms with van der Waals surface area (Å²) in [6, 6.07) is 8.65. The molecular formula is C28H31N7O4. The zero-order valence-electron chi connectivity index (χ0n) is 21.9. The number of amides is 2. The van der Waals surface area contributed by atoms with Crippen molar-refractivity contribution in [3.05, 3.63) is 42.1 Å². The molecule has 4 heterocycles. The number of hydrogen-bond acceptors (Lipinski definition) is 6. The monoisotopic (exact) mass is 529 g/mol. The van der Waals surface area contributed by atoms with Gasteiger partial charge in [0.15, 0.2) is 5.82 Å². The van der Waals surface area contributed by atoms with Gasteiger partial charge in [-0.05, 0) is 55.5 Å². The molecule has 2 aliphatic carbocycles. The highest BCUT2D eigenvalue weighted by Gasteiger charge is 2.53. The van der Waals surface area contributed by atoms with Gasteiger partial charge in [0.2, 0.25) is 0 Å². The Labute approximate surface area is 224 Å². The maximum Gasteiger partial charge on any atom is 0.404 e. The number of hydrogen-bond donors (Lipinski definition) is 3. The van der Waals surface area contributed by atoms with Gasteiger partial charge in [-0.3, -0.25) is 4.79 Å². The van der Waals surface area contributed by atoms with Gasteiger partial charge in [-0.1, -0.05) is 0 Å². The summed E-state index contributed by atoms with van der Waals surface area (Å²) in [5.74, 6) is 1.78. The maximum absolute atomic E-state index is 13.8. The molecule has 7 rings (SSSR count). The first-order valence-corrected chi connectivity index (χ1v) is 13.4. The third kappa shape index (κ3) is 3.75. The molecule has 11 heteroatoms. The summed E-state index contributed by atoms with van der Waals surface area (Å²) in [5, 5.41) is 12.9. The summed E-state index contributed by atoms with van der Waals surface area (Å²) in [5.41, 5.74) is 10.2. The first-order valence-electron chi connectivity index (χ1n) is 13.4. The van der Waals surface area contributed by atoms with Crippen LogP contribution in [0.2, 0.25) is 0 Å². The Hall–Kier alpha value is -4.12. The van der Waals surface area contributed by atoms with Crippen molar-refractivity contribution in [2.24, 2.45) is 24.6 Å². The van der Waals surface area contributed by atoms with Crippen LogP contribution < -0.4 is 15.8 Å². The number of rotatable bonds is 6. The average Bonchev–Trinajstić information content (AvgIpc) is 3.33. The number of pyridine rings is 1. The lowest BCUT2D eigenvalue weighted by atomic mass is 10.0. The van der Waals surface area contributed by atoms with Gasteiger partial charge in [-0.2, -0.15) is 0 Å². The van der Waals surface area contributed by atoms with Crippen molar-refractivity contribution in [2.45, 2.75) is 43.9 Å². The number of imidazole rings is 1. The number of likely N-dealkylation sites (tertiary alicyclic amines) is 1. The van der Waals surface area contributed by atoms with E-state index in [1.807, 2.05) is 23.9 Å². The topological polar surface area (TPSA) is 141 Å². The molecule has 1 aliphatic heterocycles. The number of carbonyl (C=O) groups excluding carboxylic acids is 1. The third-order valence-corrected chi connectivity index (χ3v) is 8.66. The van der Waals surface area contributed by atoms with Crippen LogP contribution in [0.1, 0.15) is 29.6 Å². The molecule has 11 nitrogen and oxygen atoms in total. The quantitative estimate of drug-likeness (QED) is 0.349. The Morgan fingerprint density at radius 2 is 2.08 bits per heavy atom. The molecular weight excluding hydrogens is 498 g/mol. The molecule has 202 valence electrons. The Balaban J connectivity index is 1.30. The molecule has 0 spiro atoms. The number of nitrogens with zero attached hydrogens (tertiary/aromatic N) is 5. The molecule has 3 aromatic heterocycles. The molecule has 4 N–H and O–H groups in total. The molecule has 1 saturated heterocycles. The SMILES string of the molecule is COc1cc(C(=O)N2C[C@H]3C[C@H](N)[C@@H]2[C@@H]3NC(=O)O)cc2nc(-c3cc4cccnc4n3CC3CC3)n(C)c12. The van der Waals surface area contributed by atoms with Crippen molar-refractivity contribution in [2.75, 3.05) is 13.7 Å². The number of benzene rings is 1. The number of ether oxygens (including phenoxy) is 1. The highest BCUT2D eigenvalue weighted by molar-refractivity contribution is 6.00. The predicted octanol–water partition coefficient (Wildman–Crippen LogP) is 2.82. The van der Waals surface area contributed by atoms with Gasteiger partial charge < -0.3 is 34.9 Å². The van der Waals surface area contributed by atoms with E-state index in [0.29, 0.717) is 35.7 Å². The summed E-state index contributed by atoms with van der Waals surface area (Å²) in [4.78, 5) is 36.5. The van der Waals surface area contributed by atoms with Gasteiger partial charge in [0.05, 0.1) is 30.4 Å². The van der Waals surface area contributed by atoms with Crippen molar-refractivity contribution in [1.82, 2.24) is 29.3 Å². The van der Waals surface area contributed by atoms with Crippen molar-refractivity contribution >= 4 is 34.1 Å². The Kier molecular flexibility index (Phi) is 5.35. The summed E-state index contributed by atoms with van der Waals surface area (Å²) in [7, 11) is 3.55. The first kappa shape index (κ1) is 24.0. The molecule has 4 atom stereocenters. The first-order chi connectivity index (χ1) is 18.8. The third-order valence-electron chi connectivity index (χ3n) is 8.66. The second-order valence-corrected chi connectivity index (χ2v) is 11.1. The van der Waals surface area contributed by atoms with E-state index in [9.17, 15) is 14.7 Å². The van der Waals surface area contributed by atoms with Crippen molar-refractivity contribution in [3.63, 3.8) is 0 Å². The van der Waals surface area contributed by atoms with Gasteiger partial charge in [-0.25, -0.2) is 14.8 Å². The molecule has 4 aromatic rings. The van der Waals surface area contributed by atoms with E-state index in [4.69, 9.17) is 15.5 Å². The number of nitrogens with one attached hydrogen (secondary N) is 1. The number of nitrogens with two attached hydrogens (primary N) is 1. The zero-order chi connectivity index (χ0) is 27.0. The Bertz CT molecular complexity index is 1640. The van der Waals surface area contributed by atoms with E-state index in [2.05, 4.69) is 27.0 Å². The van der Waals surface area contributed by atoms with Crippen molar-refractivity contribution < 1.29 is 19.4 Å². The highest BCUT2D eigenvalue weighted by atomic mass is 16.5. The van der Waals surface area contributed by atoms with Crippen LogP contribution in [0.5, 0.6) is 5.75 Å². The fourth-order valence-corrected chi connectivity index (χ4v) is 6.73. The lowest BCUT2D eigenvalue weighted by Gasteiger charge is -2.31. The highest BCUT2D eigenvalue weighted by Crippen LogP contribution is 2.40. The van der Waals surface area contributed by atoms with E-state index in [0.717, 1.165) is 34.6 Å². The Morgan fingerprint density at radius 3 is 2.82 bits per heavy atom. The second-order valence-electron chi connectivity index (χ2n) is 11.1. The van der Waals surface area contributed by atoms with Gasteiger partial charge in [-0.15, -0.1) is 0 Å². The van der Waals surface area contributed by atoms with E-state index < -0.39 is 6.09 Å². The zero-order valence-corrected chi connectivity index (χ0v) is 21.9. The van der Waals surface area contributed by atoms with Crippen LogP contribution in [-0.4, -0.2) is 72.9 Å². The summed E-state index contributed by atoms with van der Waals surface area (Å²) in [6.07, 6.45) is 3.85. The molecule has 1 aromatic carbocycles. The molecule has 3 fully saturated rings. The smallest absolute Gasteiger partial charge is 0.404 e. The number of fused-ring (bicyclic) bond motifs is 4. The van der Waals surface area contributed by atoms with Crippen LogP contribution in [-0.2, 0) is 13.6 Å². The van der Waals surface area contributed by atoms with Gasteiger partial charge in [0.25, 0.3) is 5.91 Å². The molecule has 3 aliphatic rings. The van der Waals surface area contributed by atoms with Crippen LogP contribution in [0.4, 0.5) is 4.79 Å². The maximum atomic E-state index is 13.8. The van der Waals surface area contributed by atoms with E-state index >= 15 is 0 Å². The lowest BCUT2D eigenvalue weighted by Crippen LogP contribution is -2.53. The molecule has 0 radical (unpaired) electrons. The number of aromatic nitrogens is 4. The van der Waals surface area contributed by atoms with Crippen LogP contribution in [0.3, 0.4) is 0 Å². The second kappa shape index (κ2) is 8.70. The summed E-state index contributed by atoms with van der Waals surface area (Å²) < 4.78 is 10.0. The number of carbonyl (C=O) groups is 2. The molecule has 2 saturated carbocycles. The average molecular weight is 530 g/mol. The minimum Gasteiger partial charge on any atom is -0.494 e. The standard InChI is InChI=1S/C28H31N7O4/c1-33-24-19(31-26(33)20-10-15-4-3-7-30-25(15)34(20)12-14-5-6-14)9-16(11-21(24)39-2)27(36)35-13-17-8-18(29)23(35)22(17)32-28(37)38/h3-4,7,9-11,14,17-18,22-23,32H,5-6,8,12-13,29H2,1-2H3,(H,37,38)/t17-,18+,22-,23-/m1/s1. The number of aryl methyl sites for hydroxylation is 1. The Morgan fingerprint density at radius 1 is 1.26 bits per heavy atom.